The summed E-state index contributed by atoms with van der Waals surface area (Å²) in [4.78, 5) is 25.0. The van der Waals surface area contributed by atoms with Crippen molar-refractivity contribution in [2.45, 2.75) is 40.0 Å². The lowest BCUT2D eigenvalue weighted by atomic mass is 10.1. The number of aryl methyl sites for hydroxylation is 1. The fourth-order valence-corrected chi connectivity index (χ4v) is 2.37. The molecule has 0 aliphatic heterocycles. The van der Waals surface area contributed by atoms with E-state index in [9.17, 15) is 9.59 Å². The molecule has 25 heavy (non-hydrogen) atoms. The highest BCUT2D eigenvalue weighted by molar-refractivity contribution is 5.94. The number of carbonyl (C=O) groups excluding carboxylic acids is 1. The van der Waals surface area contributed by atoms with Crippen LogP contribution in [0.15, 0.2) is 34.7 Å². The van der Waals surface area contributed by atoms with Crippen molar-refractivity contribution in [1.82, 2.24) is 4.90 Å². The van der Waals surface area contributed by atoms with Crippen LogP contribution in [0.5, 0.6) is 0 Å². The summed E-state index contributed by atoms with van der Waals surface area (Å²) in [5.41, 5.74) is 1.67. The van der Waals surface area contributed by atoms with Crippen LogP contribution >= 0.6 is 0 Å². The van der Waals surface area contributed by atoms with Gasteiger partial charge >= 0.3 is 5.97 Å². The second-order valence-corrected chi connectivity index (χ2v) is 6.21. The largest absolute Gasteiger partial charge is 0.478 e. The Hall–Kier alpha value is -2.60. The maximum Gasteiger partial charge on any atom is 0.339 e. The average Bonchev–Trinajstić information content (AvgIpc) is 2.93. The van der Waals surface area contributed by atoms with Crippen molar-refractivity contribution in [3.8, 4) is 0 Å². The first-order chi connectivity index (χ1) is 11.8. The molecule has 0 radical (unpaired) electrons. The smallest absolute Gasteiger partial charge is 0.339 e. The Labute approximate surface area is 147 Å². The molecule has 0 bridgehead atoms. The van der Waals surface area contributed by atoms with Gasteiger partial charge in [-0.15, -0.1) is 0 Å². The number of benzene rings is 1. The Balaban J connectivity index is 2.02. The Morgan fingerprint density at radius 2 is 1.88 bits per heavy atom. The molecule has 2 aromatic rings. The van der Waals surface area contributed by atoms with Gasteiger partial charge in [-0.1, -0.05) is 12.1 Å². The highest BCUT2D eigenvalue weighted by atomic mass is 16.5. The Morgan fingerprint density at radius 1 is 1.24 bits per heavy atom. The predicted octanol–water partition coefficient (Wildman–Crippen LogP) is 3.48. The number of furan rings is 1. The minimum atomic E-state index is -1.04. The van der Waals surface area contributed by atoms with Gasteiger partial charge in [0, 0.05) is 12.6 Å². The predicted molar refractivity (Wildman–Crippen MR) is 92.6 cm³/mol. The number of carbonyl (C=O) groups is 2. The zero-order valence-corrected chi connectivity index (χ0v) is 14.9. The molecule has 1 heterocycles. The zero-order valence-electron chi connectivity index (χ0n) is 14.9. The van der Waals surface area contributed by atoms with Crippen LogP contribution in [0.1, 0.15) is 51.6 Å². The van der Waals surface area contributed by atoms with Gasteiger partial charge in [0.1, 0.15) is 17.1 Å². The van der Waals surface area contributed by atoms with E-state index in [1.165, 1.54) is 11.0 Å². The number of hydrogen-bond donors (Lipinski definition) is 1. The average molecular weight is 345 g/mol. The van der Waals surface area contributed by atoms with Crippen LogP contribution in [0.25, 0.3) is 0 Å². The quantitative estimate of drug-likeness (QED) is 0.831. The molecule has 2 rings (SSSR count). The van der Waals surface area contributed by atoms with Crippen LogP contribution in [0, 0.1) is 6.92 Å². The molecule has 1 amide bonds. The van der Waals surface area contributed by atoms with Crippen LogP contribution in [0.3, 0.4) is 0 Å². The number of hydrogen-bond acceptors (Lipinski definition) is 4. The van der Waals surface area contributed by atoms with E-state index in [0.29, 0.717) is 23.7 Å². The second kappa shape index (κ2) is 7.98. The molecule has 0 aliphatic rings. The molecule has 0 aliphatic carbocycles. The van der Waals surface area contributed by atoms with Crippen LogP contribution in [-0.4, -0.2) is 35.0 Å². The van der Waals surface area contributed by atoms with E-state index in [-0.39, 0.29) is 24.1 Å². The lowest BCUT2D eigenvalue weighted by molar-refractivity contribution is 0.0656. The number of carboxylic acid groups (broad SMARTS) is 1. The molecule has 134 valence electrons. The van der Waals surface area contributed by atoms with E-state index in [1.54, 1.807) is 26.1 Å². The topological polar surface area (TPSA) is 80.0 Å². The lowest BCUT2D eigenvalue weighted by Crippen LogP contribution is -2.26. The summed E-state index contributed by atoms with van der Waals surface area (Å²) in [7, 11) is 1.65. The van der Waals surface area contributed by atoms with Crippen molar-refractivity contribution in [2.75, 3.05) is 7.05 Å². The number of ether oxygens (including phenoxy) is 1. The van der Waals surface area contributed by atoms with Gasteiger partial charge in [-0.3, -0.25) is 4.79 Å². The van der Waals surface area contributed by atoms with E-state index < -0.39 is 5.97 Å². The summed E-state index contributed by atoms with van der Waals surface area (Å²) in [6.07, 6.45) is 0.153. The van der Waals surface area contributed by atoms with Gasteiger partial charge in [0.05, 0.1) is 19.3 Å². The molecule has 1 aromatic heterocycles. The third kappa shape index (κ3) is 4.93. The molecule has 1 N–H and O–H groups in total. The first kappa shape index (κ1) is 18.7. The summed E-state index contributed by atoms with van der Waals surface area (Å²) in [6.45, 7) is 6.24. The molecule has 6 heteroatoms. The SMILES string of the molecule is Cc1oc(CN(C)C(=O)c2ccc(COC(C)C)cc2)cc1C(=O)O. The molecule has 6 nitrogen and oxygen atoms in total. The fourth-order valence-electron chi connectivity index (χ4n) is 2.37. The molecular weight excluding hydrogens is 322 g/mol. The highest BCUT2D eigenvalue weighted by Crippen LogP contribution is 2.17. The molecule has 0 fully saturated rings. The highest BCUT2D eigenvalue weighted by Gasteiger charge is 2.17. The van der Waals surface area contributed by atoms with Gasteiger partial charge in [0.25, 0.3) is 5.91 Å². The van der Waals surface area contributed by atoms with E-state index in [1.807, 2.05) is 26.0 Å². The monoisotopic (exact) mass is 345 g/mol. The van der Waals surface area contributed by atoms with Crippen LogP contribution in [0.4, 0.5) is 0 Å². The van der Waals surface area contributed by atoms with Crippen molar-refractivity contribution in [1.29, 1.82) is 0 Å². The van der Waals surface area contributed by atoms with Crippen LogP contribution in [-0.2, 0) is 17.9 Å². The van der Waals surface area contributed by atoms with Crippen molar-refractivity contribution < 1.29 is 23.8 Å². The minimum Gasteiger partial charge on any atom is -0.478 e. The summed E-state index contributed by atoms with van der Waals surface area (Å²) < 4.78 is 10.9. The third-order valence-electron chi connectivity index (χ3n) is 3.72. The third-order valence-corrected chi connectivity index (χ3v) is 3.72. The molecule has 0 spiro atoms. The molecule has 0 saturated carbocycles. The van der Waals surface area contributed by atoms with Crippen LogP contribution in [0.2, 0.25) is 0 Å². The lowest BCUT2D eigenvalue weighted by Gasteiger charge is -2.16. The molecule has 0 unspecified atom stereocenters. The van der Waals surface area contributed by atoms with Crippen molar-refractivity contribution >= 4 is 11.9 Å². The van der Waals surface area contributed by atoms with Crippen molar-refractivity contribution in [3.05, 3.63) is 58.5 Å². The van der Waals surface area contributed by atoms with Crippen molar-refractivity contribution in [2.24, 2.45) is 0 Å². The van der Waals surface area contributed by atoms with E-state index in [2.05, 4.69) is 0 Å². The normalized spacial score (nSPS) is 10.9. The summed E-state index contributed by atoms with van der Waals surface area (Å²) in [6, 6.07) is 8.70. The standard InChI is InChI=1S/C19H23NO5/c1-12(2)24-11-14-5-7-15(8-6-14)18(21)20(4)10-16-9-17(19(22)23)13(3)25-16/h5-9,12H,10-11H2,1-4H3,(H,22,23). The number of carboxylic acids is 1. The van der Waals surface area contributed by atoms with Crippen LogP contribution < -0.4 is 0 Å². The van der Waals surface area contributed by atoms with Gasteiger partial charge in [0.2, 0.25) is 0 Å². The first-order valence-corrected chi connectivity index (χ1v) is 8.06. The Morgan fingerprint density at radius 3 is 2.40 bits per heavy atom. The van der Waals surface area contributed by atoms with Gasteiger partial charge in [-0.05, 0) is 44.5 Å². The van der Waals surface area contributed by atoms with Gasteiger partial charge in [-0.25, -0.2) is 4.79 Å². The van der Waals surface area contributed by atoms with E-state index in [4.69, 9.17) is 14.3 Å². The Kier molecular flexibility index (Phi) is 5.98. The molecular formula is C19H23NO5. The summed E-state index contributed by atoms with van der Waals surface area (Å²) in [5, 5.41) is 9.05. The maximum atomic E-state index is 12.5. The molecule has 0 saturated heterocycles. The summed E-state index contributed by atoms with van der Waals surface area (Å²) >= 11 is 0. The summed E-state index contributed by atoms with van der Waals surface area (Å²) in [5.74, 6) is -0.437. The number of aromatic carboxylic acids is 1. The maximum absolute atomic E-state index is 12.5. The number of nitrogens with zero attached hydrogens (tertiary/aromatic N) is 1. The van der Waals surface area contributed by atoms with Gasteiger partial charge in [0.15, 0.2) is 0 Å². The van der Waals surface area contributed by atoms with E-state index in [0.717, 1.165) is 5.56 Å². The van der Waals surface area contributed by atoms with Gasteiger partial charge in [-0.2, -0.15) is 0 Å². The Bertz CT molecular complexity index is 746. The first-order valence-electron chi connectivity index (χ1n) is 8.06. The van der Waals surface area contributed by atoms with Gasteiger partial charge < -0.3 is 19.2 Å². The van der Waals surface area contributed by atoms with E-state index >= 15 is 0 Å². The fraction of sp³-hybridized carbons (Fsp3) is 0.368. The zero-order chi connectivity index (χ0) is 18.6. The molecule has 1 aromatic carbocycles. The minimum absolute atomic E-state index is 0.116. The number of amides is 1. The molecule has 0 atom stereocenters. The second-order valence-electron chi connectivity index (χ2n) is 6.21. The van der Waals surface area contributed by atoms with Crippen molar-refractivity contribution in [3.63, 3.8) is 0 Å². The number of rotatable bonds is 7.